The summed E-state index contributed by atoms with van der Waals surface area (Å²) in [5.74, 6) is 0.493. The molecule has 1 aromatic rings. The highest BCUT2D eigenvalue weighted by molar-refractivity contribution is 5.78. The van der Waals surface area contributed by atoms with Gasteiger partial charge in [0.2, 0.25) is 0 Å². The average Bonchev–Trinajstić information content (AvgIpc) is 2.79. The molecule has 1 aromatic heterocycles. The fourth-order valence-electron chi connectivity index (χ4n) is 2.39. The second-order valence-corrected chi connectivity index (χ2v) is 5.09. The van der Waals surface area contributed by atoms with Crippen molar-refractivity contribution in [2.45, 2.75) is 51.4 Å². The van der Waals surface area contributed by atoms with Crippen molar-refractivity contribution in [1.82, 2.24) is 15.1 Å². The smallest absolute Gasteiger partial charge is 0.189 e. The molecule has 6 nitrogen and oxygen atoms in total. The van der Waals surface area contributed by atoms with Gasteiger partial charge in [-0.25, -0.2) is 4.99 Å². The van der Waals surface area contributed by atoms with Crippen LogP contribution in [0.2, 0.25) is 0 Å². The van der Waals surface area contributed by atoms with Crippen LogP contribution in [0.25, 0.3) is 0 Å². The van der Waals surface area contributed by atoms with Crippen LogP contribution in [-0.4, -0.2) is 40.5 Å². The fourth-order valence-corrected chi connectivity index (χ4v) is 2.39. The molecule has 0 saturated heterocycles. The highest BCUT2D eigenvalue weighted by Crippen LogP contribution is 2.37. The summed E-state index contributed by atoms with van der Waals surface area (Å²) < 4.78 is 7.63. The van der Waals surface area contributed by atoms with Crippen LogP contribution in [0.15, 0.2) is 23.5 Å². The topological polar surface area (TPSA) is 77.5 Å². The first kappa shape index (κ1) is 13.9. The van der Waals surface area contributed by atoms with Crippen LogP contribution in [0.5, 0.6) is 0 Å². The number of nitrogens with one attached hydrogen (secondary N) is 1. The first-order valence-electron chi connectivity index (χ1n) is 6.82. The molecule has 1 fully saturated rings. The lowest BCUT2D eigenvalue weighted by Crippen LogP contribution is -2.50. The second-order valence-electron chi connectivity index (χ2n) is 5.09. The van der Waals surface area contributed by atoms with Crippen molar-refractivity contribution in [3.63, 3.8) is 0 Å². The van der Waals surface area contributed by atoms with Crippen molar-refractivity contribution in [2.75, 3.05) is 6.61 Å². The van der Waals surface area contributed by atoms with Gasteiger partial charge in [0.15, 0.2) is 5.96 Å². The van der Waals surface area contributed by atoms with Crippen molar-refractivity contribution in [3.05, 3.63) is 18.5 Å². The van der Waals surface area contributed by atoms with Crippen LogP contribution in [0.4, 0.5) is 0 Å². The molecule has 0 bridgehead atoms. The summed E-state index contributed by atoms with van der Waals surface area (Å²) in [6, 6.07) is 2.47. The largest absolute Gasteiger partial charge is 0.376 e. The van der Waals surface area contributed by atoms with Gasteiger partial charge in [-0.15, -0.1) is 0 Å². The molecule has 1 aliphatic carbocycles. The molecule has 0 aromatic carbocycles. The Balaban J connectivity index is 2.05. The van der Waals surface area contributed by atoms with E-state index in [0.29, 0.717) is 12.6 Å². The number of ether oxygens (including phenoxy) is 1. The van der Waals surface area contributed by atoms with Gasteiger partial charge in [0.05, 0.1) is 12.1 Å². The average molecular weight is 265 g/mol. The van der Waals surface area contributed by atoms with Gasteiger partial charge in [-0.3, -0.25) is 4.68 Å². The fraction of sp³-hybridized carbons (Fsp3) is 0.692. The van der Waals surface area contributed by atoms with E-state index < -0.39 is 0 Å². The molecule has 0 spiro atoms. The van der Waals surface area contributed by atoms with E-state index >= 15 is 0 Å². The Hall–Kier alpha value is -1.56. The number of guanidine groups is 1. The Morgan fingerprint density at radius 3 is 3.00 bits per heavy atom. The summed E-state index contributed by atoms with van der Waals surface area (Å²) in [5, 5.41) is 7.41. The Morgan fingerprint density at radius 2 is 2.42 bits per heavy atom. The maximum atomic E-state index is 5.89. The number of rotatable bonds is 5. The molecule has 106 valence electrons. The van der Waals surface area contributed by atoms with Crippen LogP contribution < -0.4 is 11.1 Å². The van der Waals surface area contributed by atoms with E-state index in [0.717, 1.165) is 6.42 Å². The zero-order valence-corrected chi connectivity index (χ0v) is 11.8. The van der Waals surface area contributed by atoms with Gasteiger partial charge in [0.25, 0.3) is 0 Å². The summed E-state index contributed by atoms with van der Waals surface area (Å²) >= 11 is 0. The lowest BCUT2D eigenvalue weighted by atomic mass is 9.83. The van der Waals surface area contributed by atoms with Crippen molar-refractivity contribution >= 4 is 5.96 Å². The highest BCUT2D eigenvalue weighted by atomic mass is 16.5. The van der Waals surface area contributed by atoms with Crippen molar-refractivity contribution in [1.29, 1.82) is 0 Å². The predicted molar refractivity (Wildman–Crippen MR) is 75.0 cm³/mol. The van der Waals surface area contributed by atoms with Crippen LogP contribution in [-0.2, 0) is 4.74 Å². The Morgan fingerprint density at radius 1 is 1.63 bits per heavy atom. The summed E-state index contributed by atoms with van der Waals surface area (Å²) in [6.07, 6.45) is 4.78. The third kappa shape index (κ3) is 3.26. The molecule has 1 saturated carbocycles. The third-order valence-electron chi connectivity index (χ3n) is 3.20. The highest BCUT2D eigenvalue weighted by Gasteiger charge is 2.43. The van der Waals surface area contributed by atoms with Crippen molar-refractivity contribution in [2.24, 2.45) is 10.7 Å². The molecule has 1 aliphatic rings. The second kappa shape index (κ2) is 6.06. The molecular weight excluding hydrogens is 242 g/mol. The number of hydrogen-bond donors (Lipinski definition) is 2. The van der Waals surface area contributed by atoms with E-state index in [2.05, 4.69) is 15.4 Å². The monoisotopic (exact) mass is 265 g/mol. The van der Waals surface area contributed by atoms with Crippen LogP contribution in [0.3, 0.4) is 0 Å². The van der Waals surface area contributed by atoms with Crippen LogP contribution in [0, 0.1) is 0 Å². The van der Waals surface area contributed by atoms with Crippen molar-refractivity contribution < 1.29 is 4.74 Å². The van der Waals surface area contributed by atoms with Gasteiger partial charge in [0.1, 0.15) is 6.04 Å². The lowest BCUT2D eigenvalue weighted by Gasteiger charge is -2.42. The van der Waals surface area contributed by atoms with E-state index in [4.69, 9.17) is 10.5 Å². The van der Waals surface area contributed by atoms with Gasteiger partial charge < -0.3 is 15.8 Å². The number of hydrogen-bond acceptors (Lipinski definition) is 3. The van der Waals surface area contributed by atoms with E-state index in [1.165, 1.54) is 0 Å². The van der Waals surface area contributed by atoms with Gasteiger partial charge in [-0.2, -0.15) is 5.10 Å². The van der Waals surface area contributed by atoms with E-state index in [-0.39, 0.29) is 24.2 Å². The summed E-state index contributed by atoms with van der Waals surface area (Å²) in [4.78, 5) is 4.53. The molecule has 3 unspecified atom stereocenters. The van der Waals surface area contributed by atoms with E-state index in [9.17, 15) is 0 Å². The molecule has 19 heavy (non-hydrogen) atoms. The van der Waals surface area contributed by atoms with E-state index in [1.807, 2.05) is 37.7 Å². The minimum atomic E-state index is 0.127. The summed E-state index contributed by atoms with van der Waals surface area (Å²) in [6.45, 7) is 6.79. The SMILES string of the molecule is CCOC1CC(N=C(N)NC(C)C)C1n1cccn1. The van der Waals surface area contributed by atoms with Crippen molar-refractivity contribution in [3.8, 4) is 0 Å². The Labute approximate surface area is 114 Å². The van der Waals surface area contributed by atoms with Crippen LogP contribution in [0.1, 0.15) is 33.2 Å². The van der Waals surface area contributed by atoms with Crippen LogP contribution >= 0.6 is 0 Å². The third-order valence-corrected chi connectivity index (χ3v) is 3.20. The number of aliphatic imine (C=N–C) groups is 1. The zero-order valence-electron chi connectivity index (χ0n) is 11.8. The molecule has 3 N–H and O–H groups in total. The standard InChI is InChI=1S/C13H23N5O/c1-4-19-11-8-10(17-13(14)16-9(2)3)12(11)18-7-5-6-15-18/h5-7,9-12H,4,8H2,1-3H3,(H3,14,16,17). The number of nitrogens with zero attached hydrogens (tertiary/aromatic N) is 3. The zero-order chi connectivity index (χ0) is 13.8. The Bertz CT molecular complexity index is 415. The van der Waals surface area contributed by atoms with Gasteiger partial charge in [0, 0.05) is 31.5 Å². The summed E-state index contributed by atoms with van der Waals surface area (Å²) in [5.41, 5.74) is 5.89. The maximum Gasteiger partial charge on any atom is 0.189 e. The predicted octanol–water partition coefficient (Wildman–Crippen LogP) is 0.914. The lowest BCUT2D eigenvalue weighted by molar-refractivity contribution is -0.0505. The van der Waals surface area contributed by atoms with Gasteiger partial charge >= 0.3 is 0 Å². The summed E-state index contributed by atoms with van der Waals surface area (Å²) in [7, 11) is 0. The number of nitrogens with two attached hydrogens (primary N) is 1. The minimum Gasteiger partial charge on any atom is -0.376 e. The molecule has 3 atom stereocenters. The van der Waals surface area contributed by atoms with E-state index in [1.54, 1.807) is 6.20 Å². The Kier molecular flexibility index (Phi) is 4.42. The molecule has 1 heterocycles. The molecule has 2 rings (SSSR count). The molecule has 0 radical (unpaired) electrons. The first-order chi connectivity index (χ1) is 9.11. The molecule has 0 aliphatic heterocycles. The molecule has 6 heteroatoms. The quantitative estimate of drug-likeness (QED) is 0.613. The normalized spacial score (nSPS) is 27.4. The minimum absolute atomic E-state index is 0.127. The molecular formula is C13H23N5O. The maximum absolute atomic E-state index is 5.89. The molecule has 0 amide bonds. The van der Waals surface area contributed by atoms with Gasteiger partial charge in [-0.05, 0) is 26.8 Å². The van der Waals surface area contributed by atoms with Gasteiger partial charge in [-0.1, -0.05) is 0 Å². The number of aromatic nitrogens is 2. The first-order valence-corrected chi connectivity index (χ1v) is 6.82.